The number of benzene rings is 2. The minimum Gasteiger partial charge on any atom is -0.379 e. The molecular weight excluding hydrogens is 312 g/mol. The lowest BCUT2D eigenvalue weighted by Gasteiger charge is -2.33. The van der Waals surface area contributed by atoms with Gasteiger partial charge >= 0.3 is 0 Å². The van der Waals surface area contributed by atoms with Crippen molar-refractivity contribution in [1.82, 2.24) is 4.90 Å². The maximum Gasteiger partial charge on any atom is 0.228 e. The number of nitrogens with one attached hydrogen (secondary N) is 1. The number of anilines is 1. The summed E-state index contributed by atoms with van der Waals surface area (Å²) < 4.78 is 5.55. The van der Waals surface area contributed by atoms with Crippen LogP contribution in [0.1, 0.15) is 23.6 Å². The molecule has 1 atom stereocenters. The number of hydrogen-bond acceptors (Lipinski definition) is 3. The molecule has 4 rings (SSSR count). The summed E-state index contributed by atoms with van der Waals surface area (Å²) in [7, 11) is 0. The molecule has 0 bridgehead atoms. The maximum absolute atomic E-state index is 11.6. The average Bonchev–Trinajstić information content (AvgIpc) is 2.98. The summed E-state index contributed by atoms with van der Waals surface area (Å²) >= 11 is 0. The third-order valence-corrected chi connectivity index (χ3v) is 5.37. The van der Waals surface area contributed by atoms with Crippen LogP contribution in [0.3, 0.4) is 0 Å². The SMILES string of the molecule is Cc1c(CN2CCOC[C@H]2C)cccc1-c1ccc2c(c1)CC(=O)N2. The van der Waals surface area contributed by atoms with Crippen molar-refractivity contribution in [3.05, 3.63) is 53.1 Å². The number of nitrogens with zero attached hydrogens (tertiary/aromatic N) is 1. The van der Waals surface area contributed by atoms with Crippen LogP contribution in [-0.2, 0) is 22.5 Å². The minimum atomic E-state index is 0.0823. The van der Waals surface area contributed by atoms with E-state index in [1.54, 1.807) is 0 Å². The zero-order valence-corrected chi connectivity index (χ0v) is 14.8. The van der Waals surface area contributed by atoms with Gasteiger partial charge in [-0.05, 0) is 53.8 Å². The van der Waals surface area contributed by atoms with Gasteiger partial charge in [-0.3, -0.25) is 9.69 Å². The van der Waals surface area contributed by atoms with Gasteiger partial charge in [-0.15, -0.1) is 0 Å². The van der Waals surface area contributed by atoms with Crippen LogP contribution in [-0.4, -0.2) is 36.6 Å². The molecule has 1 amide bonds. The van der Waals surface area contributed by atoms with Crippen LogP contribution in [0.25, 0.3) is 11.1 Å². The van der Waals surface area contributed by atoms with Crippen molar-refractivity contribution in [3.8, 4) is 11.1 Å². The molecule has 2 aromatic rings. The van der Waals surface area contributed by atoms with Gasteiger partial charge in [-0.2, -0.15) is 0 Å². The second-order valence-corrected chi connectivity index (χ2v) is 7.08. The van der Waals surface area contributed by atoms with Crippen LogP contribution >= 0.6 is 0 Å². The van der Waals surface area contributed by atoms with Gasteiger partial charge in [0.05, 0.1) is 19.6 Å². The van der Waals surface area contributed by atoms with Gasteiger partial charge in [0.1, 0.15) is 0 Å². The highest BCUT2D eigenvalue weighted by molar-refractivity contribution is 5.99. The highest BCUT2D eigenvalue weighted by Gasteiger charge is 2.21. The fourth-order valence-corrected chi connectivity index (χ4v) is 3.78. The smallest absolute Gasteiger partial charge is 0.228 e. The quantitative estimate of drug-likeness (QED) is 0.934. The molecule has 0 aromatic heterocycles. The van der Waals surface area contributed by atoms with Crippen LogP contribution in [0.2, 0.25) is 0 Å². The molecule has 2 aliphatic heterocycles. The number of rotatable bonds is 3. The van der Waals surface area contributed by atoms with Crippen molar-refractivity contribution >= 4 is 11.6 Å². The summed E-state index contributed by atoms with van der Waals surface area (Å²) in [5, 5.41) is 2.90. The van der Waals surface area contributed by atoms with E-state index in [2.05, 4.69) is 54.4 Å². The van der Waals surface area contributed by atoms with Crippen molar-refractivity contribution in [2.24, 2.45) is 0 Å². The normalized spacial score (nSPS) is 20.4. The van der Waals surface area contributed by atoms with Gasteiger partial charge in [0.25, 0.3) is 0 Å². The Bertz CT molecular complexity index is 816. The number of amides is 1. The number of morpholine rings is 1. The van der Waals surface area contributed by atoms with Crippen molar-refractivity contribution in [1.29, 1.82) is 0 Å². The van der Waals surface area contributed by atoms with Crippen LogP contribution in [0.15, 0.2) is 36.4 Å². The summed E-state index contributed by atoms with van der Waals surface area (Å²) in [4.78, 5) is 14.1. The summed E-state index contributed by atoms with van der Waals surface area (Å²) in [5.74, 6) is 0.0823. The molecule has 0 spiro atoms. The molecule has 2 heterocycles. The first-order valence-corrected chi connectivity index (χ1v) is 8.95. The first-order valence-electron chi connectivity index (χ1n) is 8.95. The van der Waals surface area contributed by atoms with E-state index in [-0.39, 0.29) is 5.91 Å². The average molecular weight is 336 g/mol. The van der Waals surface area contributed by atoms with Gasteiger partial charge in [0.2, 0.25) is 5.91 Å². The molecule has 130 valence electrons. The number of carbonyl (C=O) groups excluding carboxylic acids is 1. The van der Waals surface area contributed by atoms with Crippen LogP contribution in [0.5, 0.6) is 0 Å². The highest BCUT2D eigenvalue weighted by atomic mass is 16.5. The fraction of sp³-hybridized carbons (Fsp3) is 0.381. The van der Waals surface area contributed by atoms with Gasteiger partial charge < -0.3 is 10.1 Å². The fourth-order valence-electron chi connectivity index (χ4n) is 3.78. The first-order chi connectivity index (χ1) is 12.1. The lowest BCUT2D eigenvalue weighted by molar-refractivity contribution is -0.115. The Balaban J connectivity index is 1.63. The Morgan fingerprint density at radius 3 is 3.00 bits per heavy atom. The molecule has 1 N–H and O–H groups in total. The standard InChI is InChI=1S/C21H24N2O2/c1-14-13-25-9-8-23(14)12-17-4-3-5-19(15(17)2)16-6-7-20-18(10-16)11-21(24)22-20/h3-7,10,14H,8-9,11-13H2,1-2H3,(H,22,24)/t14-/m1/s1. The van der Waals surface area contributed by atoms with E-state index in [0.29, 0.717) is 12.5 Å². The van der Waals surface area contributed by atoms with E-state index in [1.165, 1.54) is 22.3 Å². The molecule has 0 aliphatic carbocycles. The van der Waals surface area contributed by atoms with Crippen molar-refractivity contribution in [2.45, 2.75) is 32.9 Å². The van der Waals surface area contributed by atoms with Crippen molar-refractivity contribution < 1.29 is 9.53 Å². The molecule has 1 saturated heterocycles. The molecule has 4 heteroatoms. The van der Waals surface area contributed by atoms with Crippen LogP contribution < -0.4 is 5.32 Å². The van der Waals surface area contributed by atoms with E-state index < -0.39 is 0 Å². The zero-order valence-electron chi connectivity index (χ0n) is 14.8. The maximum atomic E-state index is 11.6. The van der Waals surface area contributed by atoms with E-state index in [9.17, 15) is 4.79 Å². The molecule has 0 saturated carbocycles. The summed E-state index contributed by atoms with van der Waals surface area (Å²) in [6.07, 6.45) is 0.479. The molecule has 0 unspecified atom stereocenters. The predicted octanol–water partition coefficient (Wildman–Crippen LogP) is 3.38. The molecule has 25 heavy (non-hydrogen) atoms. The Morgan fingerprint density at radius 2 is 2.16 bits per heavy atom. The first kappa shape index (κ1) is 16.3. The van der Waals surface area contributed by atoms with Crippen molar-refractivity contribution in [2.75, 3.05) is 25.1 Å². The van der Waals surface area contributed by atoms with E-state index >= 15 is 0 Å². The minimum absolute atomic E-state index is 0.0823. The number of fused-ring (bicyclic) bond motifs is 1. The van der Waals surface area contributed by atoms with Gasteiger partial charge in [-0.25, -0.2) is 0 Å². The largest absolute Gasteiger partial charge is 0.379 e. The zero-order chi connectivity index (χ0) is 17.4. The number of ether oxygens (including phenoxy) is 1. The van der Waals surface area contributed by atoms with Crippen LogP contribution in [0, 0.1) is 6.92 Å². The highest BCUT2D eigenvalue weighted by Crippen LogP contribution is 2.32. The van der Waals surface area contributed by atoms with Gasteiger partial charge in [0.15, 0.2) is 0 Å². The Hall–Kier alpha value is -2.17. The Labute approximate surface area is 148 Å². The number of carbonyl (C=O) groups is 1. The van der Waals surface area contributed by atoms with Crippen molar-refractivity contribution in [3.63, 3.8) is 0 Å². The summed E-state index contributed by atoms with van der Waals surface area (Å²) in [6, 6.07) is 13.3. The van der Waals surface area contributed by atoms with E-state index in [4.69, 9.17) is 4.74 Å². The second-order valence-electron chi connectivity index (χ2n) is 7.08. The molecular formula is C21H24N2O2. The predicted molar refractivity (Wildman–Crippen MR) is 99.6 cm³/mol. The molecule has 1 fully saturated rings. The van der Waals surface area contributed by atoms with E-state index in [0.717, 1.165) is 37.6 Å². The topological polar surface area (TPSA) is 41.6 Å². The third kappa shape index (κ3) is 3.20. The number of hydrogen-bond donors (Lipinski definition) is 1. The van der Waals surface area contributed by atoms with E-state index in [1.807, 2.05) is 6.07 Å². The second kappa shape index (κ2) is 6.62. The summed E-state index contributed by atoms with van der Waals surface area (Å²) in [6.45, 7) is 7.99. The molecule has 4 nitrogen and oxygen atoms in total. The monoisotopic (exact) mass is 336 g/mol. The van der Waals surface area contributed by atoms with Gasteiger partial charge in [-0.1, -0.05) is 24.3 Å². The van der Waals surface area contributed by atoms with Crippen LogP contribution in [0.4, 0.5) is 5.69 Å². The molecule has 0 radical (unpaired) electrons. The molecule has 2 aliphatic rings. The van der Waals surface area contributed by atoms with Gasteiger partial charge in [0, 0.05) is 24.8 Å². The Kier molecular flexibility index (Phi) is 4.32. The lowest BCUT2D eigenvalue weighted by Crippen LogP contribution is -2.43. The third-order valence-electron chi connectivity index (χ3n) is 5.37. The lowest BCUT2D eigenvalue weighted by atomic mass is 9.94. The summed E-state index contributed by atoms with van der Waals surface area (Å²) in [5.41, 5.74) is 7.16. The molecule has 2 aromatic carbocycles. The Morgan fingerprint density at radius 1 is 1.28 bits per heavy atom.